The molecule has 3 saturated carbocycles. The van der Waals surface area contributed by atoms with Crippen molar-refractivity contribution in [1.29, 1.82) is 0 Å². The van der Waals surface area contributed by atoms with Crippen LogP contribution in [0.5, 0.6) is 0 Å². The molecular weight excluding hydrogens is 360 g/mol. The minimum Gasteiger partial charge on any atom is -0.377 e. The number of ether oxygens (including phenoxy) is 1. The summed E-state index contributed by atoms with van der Waals surface area (Å²) < 4.78 is 6.46. The molecule has 0 bridgehead atoms. The fourth-order valence-electron chi connectivity index (χ4n) is 8.06. The van der Waals surface area contributed by atoms with Crippen molar-refractivity contribution >= 4 is 11.6 Å². The van der Waals surface area contributed by atoms with Crippen LogP contribution in [0.1, 0.15) is 91.9 Å². The van der Waals surface area contributed by atoms with Crippen molar-refractivity contribution in [2.24, 2.45) is 34.5 Å². The molecule has 0 amide bonds. The Bertz CT molecular complexity index is 694. The van der Waals surface area contributed by atoms with E-state index in [9.17, 15) is 9.59 Å². The van der Waals surface area contributed by atoms with Gasteiger partial charge in [0.25, 0.3) is 0 Å². The Morgan fingerprint density at radius 1 is 1.14 bits per heavy atom. The Morgan fingerprint density at radius 2 is 1.93 bits per heavy atom. The quantitative estimate of drug-likeness (QED) is 0.521. The predicted octanol–water partition coefficient (Wildman–Crippen LogP) is 5.91. The van der Waals surface area contributed by atoms with Gasteiger partial charge >= 0.3 is 0 Å². The van der Waals surface area contributed by atoms with Gasteiger partial charge in [0.05, 0.1) is 6.10 Å². The molecule has 0 spiro atoms. The second-order valence-electron chi connectivity index (χ2n) is 10.9. The molecule has 0 aromatic rings. The van der Waals surface area contributed by atoms with Crippen LogP contribution in [0.3, 0.4) is 0 Å². The molecule has 0 heterocycles. The molecular formula is C26H40O3. The highest BCUT2D eigenvalue weighted by molar-refractivity contribution is 5.92. The molecule has 4 aliphatic carbocycles. The molecule has 0 aliphatic heterocycles. The van der Waals surface area contributed by atoms with Gasteiger partial charge in [0.1, 0.15) is 5.78 Å². The minimum absolute atomic E-state index is 0.00131. The maximum Gasteiger partial charge on any atom is 0.158 e. The van der Waals surface area contributed by atoms with Crippen LogP contribution in [0.2, 0.25) is 0 Å². The second kappa shape index (κ2) is 7.94. The summed E-state index contributed by atoms with van der Waals surface area (Å²) >= 11 is 0. The van der Waals surface area contributed by atoms with E-state index in [4.69, 9.17) is 4.74 Å². The normalized spacial score (nSPS) is 43.9. The molecule has 0 aromatic carbocycles. The fraction of sp³-hybridized carbons (Fsp3) is 0.846. The third-order valence-electron chi connectivity index (χ3n) is 9.59. The van der Waals surface area contributed by atoms with Gasteiger partial charge in [-0.25, -0.2) is 0 Å². The van der Waals surface area contributed by atoms with Crippen molar-refractivity contribution in [2.75, 3.05) is 6.61 Å². The summed E-state index contributed by atoms with van der Waals surface area (Å²) in [7, 11) is 0. The summed E-state index contributed by atoms with van der Waals surface area (Å²) in [6.07, 6.45) is 12.9. The number of rotatable bonds is 6. The summed E-state index contributed by atoms with van der Waals surface area (Å²) in [4.78, 5) is 24.8. The molecule has 3 fully saturated rings. The van der Waals surface area contributed by atoms with E-state index in [-0.39, 0.29) is 28.6 Å². The first-order valence-corrected chi connectivity index (χ1v) is 12.2. The van der Waals surface area contributed by atoms with Crippen LogP contribution in [0.25, 0.3) is 0 Å². The number of fused-ring (bicyclic) bond motifs is 5. The Hall–Kier alpha value is -0.960. The van der Waals surface area contributed by atoms with Gasteiger partial charge in [0.2, 0.25) is 0 Å². The summed E-state index contributed by atoms with van der Waals surface area (Å²) in [6.45, 7) is 9.61. The van der Waals surface area contributed by atoms with E-state index >= 15 is 0 Å². The smallest absolute Gasteiger partial charge is 0.158 e. The second-order valence-corrected chi connectivity index (χ2v) is 10.9. The molecule has 3 nitrogen and oxygen atoms in total. The van der Waals surface area contributed by atoms with E-state index < -0.39 is 0 Å². The molecule has 1 unspecified atom stereocenters. The predicted molar refractivity (Wildman–Crippen MR) is 116 cm³/mol. The van der Waals surface area contributed by atoms with E-state index in [1.807, 2.05) is 6.08 Å². The molecule has 0 radical (unpaired) electrons. The van der Waals surface area contributed by atoms with Gasteiger partial charge in [-0.2, -0.15) is 0 Å². The zero-order chi connectivity index (χ0) is 20.8. The van der Waals surface area contributed by atoms with E-state index in [0.29, 0.717) is 30.0 Å². The molecule has 4 rings (SSSR count). The van der Waals surface area contributed by atoms with Crippen molar-refractivity contribution in [3.05, 3.63) is 11.6 Å². The van der Waals surface area contributed by atoms with Crippen molar-refractivity contribution in [3.8, 4) is 0 Å². The van der Waals surface area contributed by atoms with Crippen molar-refractivity contribution < 1.29 is 14.3 Å². The Kier molecular flexibility index (Phi) is 5.83. The van der Waals surface area contributed by atoms with Gasteiger partial charge < -0.3 is 4.74 Å². The maximum absolute atomic E-state index is 12.5. The highest BCUT2D eigenvalue weighted by Gasteiger charge is 2.61. The first kappa shape index (κ1) is 21.3. The van der Waals surface area contributed by atoms with Crippen LogP contribution >= 0.6 is 0 Å². The molecule has 3 heteroatoms. The molecule has 162 valence electrons. The van der Waals surface area contributed by atoms with Crippen LogP contribution < -0.4 is 0 Å². The lowest BCUT2D eigenvalue weighted by Crippen LogP contribution is -2.56. The third-order valence-corrected chi connectivity index (χ3v) is 9.59. The van der Waals surface area contributed by atoms with Gasteiger partial charge in [0, 0.05) is 24.4 Å². The summed E-state index contributed by atoms with van der Waals surface area (Å²) in [6, 6.07) is 0. The first-order chi connectivity index (χ1) is 13.8. The maximum atomic E-state index is 12.5. The topological polar surface area (TPSA) is 43.4 Å². The largest absolute Gasteiger partial charge is 0.377 e. The van der Waals surface area contributed by atoms with E-state index in [1.165, 1.54) is 37.7 Å². The van der Waals surface area contributed by atoms with Crippen LogP contribution in [0.4, 0.5) is 0 Å². The van der Waals surface area contributed by atoms with Gasteiger partial charge in [-0.3, -0.25) is 9.59 Å². The van der Waals surface area contributed by atoms with Crippen molar-refractivity contribution in [1.82, 2.24) is 0 Å². The number of carbonyl (C=O) groups excluding carboxylic acids is 2. The number of hydrogen-bond donors (Lipinski definition) is 0. The number of Topliss-reactive ketones (excluding diaryl/α,β-unsaturated/α-hetero) is 1. The zero-order valence-electron chi connectivity index (χ0n) is 19.0. The van der Waals surface area contributed by atoms with Crippen LogP contribution in [0, 0.1) is 34.5 Å². The summed E-state index contributed by atoms with van der Waals surface area (Å²) in [5, 5.41) is 0. The lowest BCUT2D eigenvalue weighted by atomic mass is 9.46. The Labute approximate surface area is 177 Å². The summed E-state index contributed by atoms with van der Waals surface area (Å²) in [5.74, 6) is 2.84. The van der Waals surface area contributed by atoms with Crippen LogP contribution in [-0.4, -0.2) is 24.3 Å². The average molecular weight is 401 g/mol. The van der Waals surface area contributed by atoms with Crippen LogP contribution in [-0.2, 0) is 14.3 Å². The van der Waals surface area contributed by atoms with Gasteiger partial charge in [0.15, 0.2) is 5.78 Å². The first-order valence-electron chi connectivity index (χ1n) is 12.2. The number of hydrogen-bond acceptors (Lipinski definition) is 3. The van der Waals surface area contributed by atoms with Crippen molar-refractivity contribution in [2.45, 2.75) is 98.0 Å². The molecule has 4 aliphatic rings. The van der Waals surface area contributed by atoms with E-state index in [2.05, 4.69) is 20.8 Å². The van der Waals surface area contributed by atoms with Crippen molar-refractivity contribution in [3.63, 3.8) is 0 Å². The molecule has 0 saturated heterocycles. The fourth-order valence-corrected chi connectivity index (χ4v) is 8.06. The Morgan fingerprint density at radius 3 is 2.66 bits per heavy atom. The molecule has 0 aromatic heterocycles. The monoisotopic (exact) mass is 400 g/mol. The summed E-state index contributed by atoms with van der Waals surface area (Å²) in [5.41, 5.74) is 1.55. The van der Waals surface area contributed by atoms with Crippen LogP contribution in [0.15, 0.2) is 11.6 Å². The SMILES string of the molecule is CCCCCOC1CC(=O)C=C2CC[C@H]3[C@@H]4CC[C@H](C(C)=O)[C@@]4(C)CC[C@@H]3[C@]21C. The van der Waals surface area contributed by atoms with Gasteiger partial charge in [-0.05, 0) is 81.1 Å². The molecule has 7 atom stereocenters. The lowest BCUT2D eigenvalue weighted by molar-refractivity contribution is -0.140. The molecule has 0 N–H and O–H groups in total. The zero-order valence-corrected chi connectivity index (χ0v) is 19.0. The van der Waals surface area contributed by atoms with Gasteiger partial charge in [-0.15, -0.1) is 0 Å². The van der Waals surface area contributed by atoms with Gasteiger partial charge in [-0.1, -0.05) is 39.2 Å². The molecule has 29 heavy (non-hydrogen) atoms. The third kappa shape index (κ3) is 3.36. The Balaban J connectivity index is 1.60. The number of carbonyl (C=O) groups is 2. The van der Waals surface area contributed by atoms with E-state index in [1.54, 1.807) is 6.92 Å². The highest BCUT2D eigenvalue weighted by atomic mass is 16.5. The highest BCUT2D eigenvalue weighted by Crippen LogP contribution is 2.66. The lowest BCUT2D eigenvalue weighted by Gasteiger charge is -2.59. The average Bonchev–Trinajstić information content (AvgIpc) is 3.03. The minimum atomic E-state index is -0.00131. The standard InChI is InChI=1S/C26H40O3/c1-5-6-7-14-29-24-16-19(28)15-18-8-9-20-22-11-10-21(17(2)27)25(22,3)13-12-23(20)26(18,24)4/h15,20-24H,5-14,16H2,1-4H3/t20-,21+,22-,23-,24?,25+,26-/m0/s1. The van der Waals surface area contributed by atoms with E-state index in [0.717, 1.165) is 32.3 Å². The number of unbranched alkanes of at least 4 members (excludes halogenated alkanes) is 2. The number of ketones is 2.